The monoisotopic (exact) mass is 279 g/mol. The Labute approximate surface area is 121 Å². The second-order valence-electron chi connectivity index (χ2n) is 5.04. The van der Waals surface area contributed by atoms with Gasteiger partial charge in [0.1, 0.15) is 5.75 Å². The molecule has 2 atom stereocenters. The van der Waals surface area contributed by atoms with Crippen LogP contribution in [0.3, 0.4) is 0 Å². The van der Waals surface area contributed by atoms with Crippen LogP contribution in [0.2, 0.25) is 0 Å². The molecule has 0 aliphatic carbocycles. The van der Waals surface area contributed by atoms with Gasteiger partial charge in [-0.05, 0) is 37.1 Å². The van der Waals surface area contributed by atoms with E-state index < -0.39 is 0 Å². The van der Waals surface area contributed by atoms with Gasteiger partial charge in [0.15, 0.2) is 0 Å². The summed E-state index contributed by atoms with van der Waals surface area (Å²) in [6, 6.07) is 8.08. The molecule has 1 saturated heterocycles. The van der Waals surface area contributed by atoms with Crippen molar-refractivity contribution in [3.05, 3.63) is 29.8 Å². The molecule has 4 heteroatoms. The van der Waals surface area contributed by atoms with Crippen molar-refractivity contribution < 1.29 is 14.2 Å². The lowest BCUT2D eigenvalue weighted by Gasteiger charge is -2.21. The predicted molar refractivity (Wildman–Crippen MR) is 79.2 cm³/mol. The van der Waals surface area contributed by atoms with Crippen LogP contribution in [0.4, 0.5) is 0 Å². The van der Waals surface area contributed by atoms with E-state index in [9.17, 15) is 0 Å². The first-order chi connectivity index (χ1) is 9.83. The van der Waals surface area contributed by atoms with Gasteiger partial charge in [0, 0.05) is 13.2 Å². The maximum atomic E-state index is 6.07. The van der Waals surface area contributed by atoms with E-state index in [1.165, 1.54) is 0 Å². The normalized spacial score (nSPS) is 20.0. The zero-order chi connectivity index (χ0) is 14.2. The van der Waals surface area contributed by atoms with Gasteiger partial charge < -0.3 is 19.5 Å². The number of hydrogen-bond acceptors (Lipinski definition) is 4. The van der Waals surface area contributed by atoms with E-state index in [1.54, 1.807) is 7.11 Å². The highest BCUT2D eigenvalue weighted by molar-refractivity contribution is 5.30. The average Bonchev–Trinajstić information content (AvgIpc) is 3.01. The summed E-state index contributed by atoms with van der Waals surface area (Å²) in [6.07, 6.45) is 2.54. The van der Waals surface area contributed by atoms with Crippen LogP contribution in [0.5, 0.6) is 5.75 Å². The number of rotatable bonds is 8. The Morgan fingerprint density at radius 3 is 3.05 bits per heavy atom. The van der Waals surface area contributed by atoms with Crippen LogP contribution in [-0.4, -0.2) is 39.5 Å². The minimum atomic E-state index is 0.0363. The lowest BCUT2D eigenvalue weighted by atomic mass is 10.1. The van der Waals surface area contributed by atoms with Gasteiger partial charge in [-0.3, -0.25) is 0 Å². The quantitative estimate of drug-likeness (QED) is 0.794. The number of methoxy groups -OCH3 is 1. The number of ether oxygens (including phenoxy) is 3. The first-order valence-electron chi connectivity index (χ1n) is 7.41. The molecule has 2 rings (SSSR count). The van der Waals surface area contributed by atoms with Gasteiger partial charge in [0.05, 0.1) is 25.9 Å². The molecular formula is C16H25NO3. The van der Waals surface area contributed by atoms with Crippen molar-refractivity contribution in [2.45, 2.75) is 32.0 Å². The SMILES string of the molecule is CCNCC(OCC1CCCO1)c1cccc(OC)c1. The van der Waals surface area contributed by atoms with Gasteiger partial charge >= 0.3 is 0 Å². The van der Waals surface area contributed by atoms with Crippen molar-refractivity contribution in [2.24, 2.45) is 0 Å². The van der Waals surface area contributed by atoms with Crippen LogP contribution in [0.15, 0.2) is 24.3 Å². The van der Waals surface area contributed by atoms with Gasteiger partial charge in [0.25, 0.3) is 0 Å². The zero-order valence-corrected chi connectivity index (χ0v) is 12.4. The van der Waals surface area contributed by atoms with E-state index in [-0.39, 0.29) is 12.2 Å². The molecule has 112 valence electrons. The van der Waals surface area contributed by atoms with Crippen molar-refractivity contribution in [1.82, 2.24) is 5.32 Å². The first kappa shape index (κ1) is 15.3. The highest BCUT2D eigenvalue weighted by Crippen LogP contribution is 2.23. The van der Waals surface area contributed by atoms with E-state index in [1.807, 2.05) is 18.2 Å². The highest BCUT2D eigenvalue weighted by Gasteiger charge is 2.19. The summed E-state index contributed by atoms with van der Waals surface area (Å²) in [4.78, 5) is 0. The Kier molecular flexibility index (Phi) is 6.30. The van der Waals surface area contributed by atoms with E-state index in [4.69, 9.17) is 14.2 Å². The smallest absolute Gasteiger partial charge is 0.119 e. The van der Waals surface area contributed by atoms with Gasteiger partial charge in [-0.15, -0.1) is 0 Å². The summed E-state index contributed by atoms with van der Waals surface area (Å²) in [5.74, 6) is 0.865. The summed E-state index contributed by atoms with van der Waals surface area (Å²) in [7, 11) is 1.69. The van der Waals surface area contributed by atoms with Crippen LogP contribution < -0.4 is 10.1 Å². The Morgan fingerprint density at radius 2 is 2.35 bits per heavy atom. The summed E-state index contributed by atoms with van der Waals surface area (Å²) in [5.41, 5.74) is 1.14. The number of hydrogen-bond donors (Lipinski definition) is 1. The van der Waals surface area contributed by atoms with Crippen LogP contribution in [0.1, 0.15) is 31.4 Å². The largest absolute Gasteiger partial charge is 0.497 e. The van der Waals surface area contributed by atoms with Crippen molar-refractivity contribution in [1.29, 1.82) is 0 Å². The van der Waals surface area contributed by atoms with E-state index in [0.29, 0.717) is 6.61 Å². The summed E-state index contributed by atoms with van der Waals surface area (Å²) in [6.45, 7) is 5.36. The fourth-order valence-corrected chi connectivity index (χ4v) is 2.39. The molecule has 1 fully saturated rings. The molecule has 1 aromatic carbocycles. The molecule has 0 bridgehead atoms. The molecule has 1 aromatic rings. The molecule has 0 aromatic heterocycles. The van der Waals surface area contributed by atoms with E-state index in [0.717, 1.165) is 43.9 Å². The minimum Gasteiger partial charge on any atom is -0.497 e. The topological polar surface area (TPSA) is 39.7 Å². The fourth-order valence-electron chi connectivity index (χ4n) is 2.39. The van der Waals surface area contributed by atoms with Gasteiger partial charge in [-0.25, -0.2) is 0 Å². The summed E-state index contributed by atoms with van der Waals surface area (Å²) in [5, 5.41) is 3.35. The maximum absolute atomic E-state index is 6.07. The van der Waals surface area contributed by atoms with E-state index in [2.05, 4.69) is 18.3 Å². The average molecular weight is 279 g/mol. The maximum Gasteiger partial charge on any atom is 0.119 e. The van der Waals surface area contributed by atoms with Crippen LogP contribution in [-0.2, 0) is 9.47 Å². The Morgan fingerprint density at radius 1 is 1.45 bits per heavy atom. The third-order valence-corrected chi connectivity index (χ3v) is 3.55. The molecule has 0 saturated carbocycles. The molecule has 1 aliphatic heterocycles. The van der Waals surface area contributed by atoms with Crippen molar-refractivity contribution >= 4 is 0 Å². The standard InChI is InChI=1S/C16H25NO3/c1-3-17-11-16(20-12-15-8-5-9-19-15)13-6-4-7-14(10-13)18-2/h4,6-7,10,15-17H,3,5,8-9,11-12H2,1-2H3. The molecule has 0 radical (unpaired) electrons. The van der Waals surface area contributed by atoms with Gasteiger partial charge in [-0.2, -0.15) is 0 Å². The fraction of sp³-hybridized carbons (Fsp3) is 0.625. The molecule has 20 heavy (non-hydrogen) atoms. The molecule has 1 N–H and O–H groups in total. The minimum absolute atomic E-state index is 0.0363. The number of nitrogens with one attached hydrogen (secondary N) is 1. The van der Waals surface area contributed by atoms with Gasteiger partial charge in [-0.1, -0.05) is 19.1 Å². The predicted octanol–water partition coefficient (Wildman–Crippen LogP) is 2.54. The van der Waals surface area contributed by atoms with Crippen LogP contribution in [0.25, 0.3) is 0 Å². The Bertz CT molecular complexity index is 391. The molecular weight excluding hydrogens is 254 g/mol. The second-order valence-corrected chi connectivity index (χ2v) is 5.04. The zero-order valence-electron chi connectivity index (χ0n) is 12.4. The molecule has 4 nitrogen and oxygen atoms in total. The summed E-state index contributed by atoms with van der Waals surface area (Å²) < 4.78 is 17.0. The van der Waals surface area contributed by atoms with Crippen molar-refractivity contribution in [3.63, 3.8) is 0 Å². The van der Waals surface area contributed by atoms with Gasteiger partial charge in [0.2, 0.25) is 0 Å². The van der Waals surface area contributed by atoms with E-state index >= 15 is 0 Å². The first-order valence-corrected chi connectivity index (χ1v) is 7.41. The number of benzene rings is 1. The lowest BCUT2D eigenvalue weighted by molar-refractivity contribution is -0.0208. The third kappa shape index (κ3) is 4.47. The van der Waals surface area contributed by atoms with Crippen LogP contribution in [0, 0.1) is 0 Å². The Balaban J connectivity index is 1.97. The Hall–Kier alpha value is -1.10. The van der Waals surface area contributed by atoms with Crippen LogP contribution >= 0.6 is 0 Å². The van der Waals surface area contributed by atoms with Crippen molar-refractivity contribution in [3.8, 4) is 5.75 Å². The third-order valence-electron chi connectivity index (χ3n) is 3.55. The summed E-state index contributed by atoms with van der Waals surface area (Å²) >= 11 is 0. The number of likely N-dealkylation sites (N-methyl/N-ethyl adjacent to an activating group) is 1. The second kappa shape index (κ2) is 8.25. The molecule has 1 heterocycles. The molecule has 0 amide bonds. The molecule has 2 unspecified atom stereocenters. The highest BCUT2D eigenvalue weighted by atomic mass is 16.5. The molecule has 0 spiro atoms. The lowest BCUT2D eigenvalue weighted by Crippen LogP contribution is -2.26. The molecule has 1 aliphatic rings. The van der Waals surface area contributed by atoms with Crippen molar-refractivity contribution in [2.75, 3.05) is 33.4 Å².